The second-order valence-electron chi connectivity index (χ2n) is 7.60. The zero-order valence-electron chi connectivity index (χ0n) is 17.5. The number of carbonyl (C=O) groups excluding carboxylic acids is 2. The lowest BCUT2D eigenvalue weighted by Crippen LogP contribution is -2.49. The molecule has 1 aromatic carbocycles. The molecule has 2 amide bonds. The topological polar surface area (TPSA) is 87.7 Å². The van der Waals surface area contributed by atoms with Gasteiger partial charge in [0.25, 0.3) is 5.91 Å². The van der Waals surface area contributed by atoms with E-state index in [1.54, 1.807) is 6.07 Å². The Hall–Kier alpha value is -3.30. The van der Waals surface area contributed by atoms with Crippen LogP contribution in [0.3, 0.4) is 0 Å². The van der Waals surface area contributed by atoms with E-state index in [2.05, 4.69) is 29.4 Å². The summed E-state index contributed by atoms with van der Waals surface area (Å²) in [5.41, 5.74) is -0.538. The van der Waals surface area contributed by atoms with E-state index in [9.17, 15) is 18.4 Å². The Balaban J connectivity index is 1.52. The number of nitrogens with zero attached hydrogens (tertiary/aromatic N) is 4. The standard InChI is InChI=1S/C21H25F2N5O3/c1-14(2)8-9-24-21(30)31-18-7-6-17(25-26-18)27-10-12-28(13-11-27)20(29)19-15(22)4-3-5-16(19)23/h3-7,14H,8-13H2,1-2H3,(H,24,30). The first-order chi connectivity index (χ1) is 14.8. The van der Waals surface area contributed by atoms with E-state index in [1.807, 2.05) is 4.90 Å². The molecule has 0 unspecified atom stereocenters. The zero-order valence-corrected chi connectivity index (χ0v) is 17.5. The fourth-order valence-corrected chi connectivity index (χ4v) is 3.13. The molecule has 0 bridgehead atoms. The first-order valence-electron chi connectivity index (χ1n) is 10.1. The van der Waals surface area contributed by atoms with Crippen LogP contribution in [0.4, 0.5) is 19.4 Å². The monoisotopic (exact) mass is 433 g/mol. The van der Waals surface area contributed by atoms with Gasteiger partial charge in [0, 0.05) is 38.8 Å². The van der Waals surface area contributed by atoms with Gasteiger partial charge in [-0.15, -0.1) is 10.2 Å². The Kier molecular flexibility index (Phi) is 7.32. The molecule has 0 saturated carbocycles. The van der Waals surface area contributed by atoms with Crippen LogP contribution in [-0.4, -0.2) is 59.8 Å². The van der Waals surface area contributed by atoms with E-state index in [-0.39, 0.29) is 19.0 Å². The van der Waals surface area contributed by atoms with Crippen LogP contribution in [0.15, 0.2) is 30.3 Å². The molecule has 1 saturated heterocycles. The maximum Gasteiger partial charge on any atom is 0.413 e. The smallest absolute Gasteiger partial charge is 0.390 e. The molecule has 1 aliphatic heterocycles. The fraction of sp³-hybridized carbons (Fsp3) is 0.429. The number of hydrogen-bond donors (Lipinski definition) is 1. The van der Waals surface area contributed by atoms with Gasteiger partial charge in [-0.05, 0) is 30.5 Å². The van der Waals surface area contributed by atoms with Gasteiger partial charge in [-0.2, -0.15) is 0 Å². The number of amides is 2. The van der Waals surface area contributed by atoms with Gasteiger partial charge >= 0.3 is 6.09 Å². The lowest BCUT2D eigenvalue weighted by atomic mass is 10.1. The summed E-state index contributed by atoms with van der Waals surface area (Å²) in [6.45, 7) is 6.05. The number of halogens is 2. The number of piperazine rings is 1. The molecule has 0 radical (unpaired) electrons. The molecule has 31 heavy (non-hydrogen) atoms. The summed E-state index contributed by atoms with van der Waals surface area (Å²) in [6, 6.07) is 6.56. The third-order valence-corrected chi connectivity index (χ3v) is 4.88. The molecule has 2 heterocycles. The van der Waals surface area contributed by atoms with Crippen molar-refractivity contribution in [3.05, 3.63) is 47.5 Å². The molecular formula is C21H25F2N5O3. The van der Waals surface area contributed by atoms with E-state index in [0.717, 1.165) is 18.6 Å². The third kappa shape index (κ3) is 5.87. The minimum atomic E-state index is -0.873. The Morgan fingerprint density at radius 1 is 1.06 bits per heavy atom. The first kappa shape index (κ1) is 22.4. The lowest BCUT2D eigenvalue weighted by Gasteiger charge is -2.35. The number of benzene rings is 1. The van der Waals surface area contributed by atoms with E-state index in [0.29, 0.717) is 31.4 Å². The van der Waals surface area contributed by atoms with Gasteiger partial charge in [-0.3, -0.25) is 4.79 Å². The van der Waals surface area contributed by atoms with Crippen LogP contribution in [0.25, 0.3) is 0 Å². The number of nitrogens with one attached hydrogen (secondary N) is 1. The predicted molar refractivity (Wildman–Crippen MR) is 110 cm³/mol. The van der Waals surface area contributed by atoms with Gasteiger partial charge in [0.05, 0.1) is 0 Å². The van der Waals surface area contributed by atoms with Crippen LogP contribution < -0.4 is 15.0 Å². The number of aromatic nitrogens is 2. The highest BCUT2D eigenvalue weighted by atomic mass is 19.1. The van der Waals surface area contributed by atoms with Crippen LogP contribution in [0.1, 0.15) is 30.6 Å². The van der Waals surface area contributed by atoms with Gasteiger partial charge < -0.3 is 19.9 Å². The Bertz CT molecular complexity index is 895. The number of anilines is 1. The third-order valence-electron chi connectivity index (χ3n) is 4.88. The van der Waals surface area contributed by atoms with Crippen molar-refractivity contribution in [2.45, 2.75) is 20.3 Å². The summed E-state index contributed by atoms with van der Waals surface area (Å²) in [4.78, 5) is 27.5. The van der Waals surface area contributed by atoms with Crippen molar-refractivity contribution in [3.63, 3.8) is 0 Å². The normalized spacial score (nSPS) is 14.0. The maximum atomic E-state index is 13.9. The summed E-state index contributed by atoms with van der Waals surface area (Å²) >= 11 is 0. The molecule has 1 N–H and O–H groups in total. The van der Waals surface area contributed by atoms with E-state index >= 15 is 0 Å². The lowest BCUT2D eigenvalue weighted by molar-refractivity contribution is 0.0736. The van der Waals surface area contributed by atoms with Crippen molar-refractivity contribution in [2.24, 2.45) is 5.92 Å². The van der Waals surface area contributed by atoms with Gasteiger partial charge in [0.2, 0.25) is 5.88 Å². The Labute approximate surface area is 179 Å². The minimum absolute atomic E-state index is 0.0784. The zero-order chi connectivity index (χ0) is 22.4. The van der Waals surface area contributed by atoms with E-state index < -0.39 is 29.2 Å². The molecule has 1 fully saturated rings. The van der Waals surface area contributed by atoms with Crippen LogP contribution in [0.2, 0.25) is 0 Å². The summed E-state index contributed by atoms with van der Waals surface area (Å²) in [6.07, 6.45) is 0.257. The predicted octanol–water partition coefficient (Wildman–Crippen LogP) is 2.85. The van der Waals surface area contributed by atoms with Crippen molar-refractivity contribution >= 4 is 17.8 Å². The molecule has 3 rings (SSSR count). The van der Waals surface area contributed by atoms with Gasteiger partial charge in [-0.1, -0.05) is 19.9 Å². The van der Waals surface area contributed by atoms with Gasteiger partial charge in [0.15, 0.2) is 5.82 Å². The summed E-state index contributed by atoms with van der Waals surface area (Å²) in [7, 11) is 0. The van der Waals surface area contributed by atoms with Crippen molar-refractivity contribution in [2.75, 3.05) is 37.6 Å². The summed E-state index contributed by atoms with van der Waals surface area (Å²) in [5.74, 6) is -1.31. The van der Waals surface area contributed by atoms with Crippen molar-refractivity contribution in [3.8, 4) is 5.88 Å². The van der Waals surface area contributed by atoms with Crippen molar-refractivity contribution in [1.29, 1.82) is 0 Å². The maximum absolute atomic E-state index is 13.9. The molecule has 0 aliphatic carbocycles. The van der Waals surface area contributed by atoms with Gasteiger partial charge in [-0.25, -0.2) is 13.6 Å². The summed E-state index contributed by atoms with van der Waals surface area (Å²) in [5, 5.41) is 10.6. The van der Waals surface area contributed by atoms with Crippen molar-refractivity contribution < 1.29 is 23.1 Å². The van der Waals surface area contributed by atoms with Gasteiger partial charge in [0.1, 0.15) is 17.2 Å². The van der Waals surface area contributed by atoms with Crippen molar-refractivity contribution in [1.82, 2.24) is 20.4 Å². The second-order valence-corrected chi connectivity index (χ2v) is 7.60. The number of carbonyl (C=O) groups is 2. The first-order valence-corrected chi connectivity index (χ1v) is 10.1. The fourth-order valence-electron chi connectivity index (χ4n) is 3.13. The summed E-state index contributed by atoms with van der Waals surface area (Å²) < 4.78 is 32.8. The minimum Gasteiger partial charge on any atom is -0.390 e. The second kappa shape index (κ2) is 10.1. The molecule has 1 aromatic heterocycles. The average molecular weight is 433 g/mol. The van der Waals surface area contributed by atoms with E-state index in [1.165, 1.54) is 17.0 Å². The average Bonchev–Trinajstić information content (AvgIpc) is 2.74. The van der Waals surface area contributed by atoms with Crippen LogP contribution in [-0.2, 0) is 0 Å². The molecule has 0 spiro atoms. The highest BCUT2D eigenvalue weighted by molar-refractivity contribution is 5.95. The quantitative estimate of drug-likeness (QED) is 0.754. The Morgan fingerprint density at radius 2 is 1.74 bits per heavy atom. The number of rotatable bonds is 6. The number of ether oxygens (including phenoxy) is 1. The highest BCUT2D eigenvalue weighted by Gasteiger charge is 2.27. The number of hydrogen-bond acceptors (Lipinski definition) is 6. The molecule has 1 aliphatic rings. The Morgan fingerprint density at radius 3 is 2.32 bits per heavy atom. The molecule has 166 valence electrons. The van der Waals surface area contributed by atoms with Crippen LogP contribution in [0.5, 0.6) is 5.88 Å². The SMILES string of the molecule is CC(C)CCNC(=O)Oc1ccc(N2CCN(C(=O)c3c(F)cccc3F)CC2)nn1. The van der Waals surface area contributed by atoms with E-state index in [4.69, 9.17) is 4.74 Å². The molecule has 10 heteroatoms. The van der Waals surface area contributed by atoms with Crippen LogP contribution >= 0.6 is 0 Å². The molecule has 8 nitrogen and oxygen atoms in total. The largest absolute Gasteiger partial charge is 0.413 e. The molecule has 0 atom stereocenters. The molecule has 2 aromatic rings. The van der Waals surface area contributed by atoms with Crippen LogP contribution in [0, 0.1) is 17.6 Å². The molecular weight excluding hydrogens is 408 g/mol. The highest BCUT2D eigenvalue weighted by Crippen LogP contribution is 2.19.